The predicted octanol–water partition coefficient (Wildman–Crippen LogP) is 1.98. The van der Waals surface area contributed by atoms with Crippen molar-refractivity contribution in [2.24, 2.45) is 0 Å². The molecule has 1 aromatic rings. The van der Waals surface area contributed by atoms with Gasteiger partial charge in [-0.2, -0.15) is 0 Å². The van der Waals surface area contributed by atoms with Gasteiger partial charge in [0.15, 0.2) is 0 Å². The van der Waals surface area contributed by atoms with E-state index in [0.717, 1.165) is 25.8 Å². The van der Waals surface area contributed by atoms with Crippen LogP contribution in [-0.4, -0.2) is 18.3 Å². The second-order valence-electron chi connectivity index (χ2n) is 3.48. The van der Waals surface area contributed by atoms with Crippen LogP contribution < -0.4 is 11.1 Å². The van der Waals surface area contributed by atoms with Crippen molar-refractivity contribution in [1.29, 1.82) is 0 Å². The van der Waals surface area contributed by atoms with Crippen molar-refractivity contribution >= 4 is 11.4 Å². The number of anilines is 2. The SMILES string of the molecule is Nc1cc(F)cc(NCCCCCO)c1. The second-order valence-corrected chi connectivity index (χ2v) is 3.48. The molecule has 0 bridgehead atoms. The van der Waals surface area contributed by atoms with Crippen LogP contribution in [0.1, 0.15) is 19.3 Å². The molecular weight excluding hydrogens is 195 g/mol. The molecule has 0 saturated carbocycles. The van der Waals surface area contributed by atoms with Crippen molar-refractivity contribution in [2.75, 3.05) is 24.2 Å². The zero-order valence-electron chi connectivity index (χ0n) is 8.67. The van der Waals surface area contributed by atoms with Crippen LogP contribution in [0.2, 0.25) is 0 Å². The lowest BCUT2D eigenvalue weighted by atomic mass is 10.2. The topological polar surface area (TPSA) is 58.3 Å². The number of aliphatic hydroxyl groups is 1. The molecule has 0 saturated heterocycles. The number of nitrogen functional groups attached to an aromatic ring is 1. The highest BCUT2D eigenvalue weighted by Crippen LogP contribution is 2.15. The Bertz CT molecular complexity index is 284. The average molecular weight is 212 g/mol. The first kappa shape index (κ1) is 11.8. The molecule has 0 aliphatic rings. The van der Waals surface area contributed by atoms with E-state index >= 15 is 0 Å². The summed E-state index contributed by atoms with van der Waals surface area (Å²) in [6.07, 6.45) is 2.73. The Morgan fingerprint density at radius 3 is 2.67 bits per heavy atom. The first-order chi connectivity index (χ1) is 7.22. The van der Waals surface area contributed by atoms with Crippen molar-refractivity contribution in [3.05, 3.63) is 24.0 Å². The van der Waals surface area contributed by atoms with E-state index in [1.54, 1.807) is 6.07 Å². The number of halogens is 1. The highest BCUT2D eigenvalue weighted by atomic mass is 19.1. The molecule has 0 aliphatic carbocycles. The number of benzene rings is 1. The molecule has 15 heavy (non-hydrogen) atoms. The summed E-state index contributed by atoms with van der Waals surface area (Å²) < 4.78 is 12.9. The minimum Gasteiger partial charge on any atom is -0.399 e. The monoisotopic (exact) mass is 212 g/mol. The van der Waals surface area contributed by atoms with Gasteiger partial charge in [-0.1, -0.05) is 0 Å². The smallest absolute Gasteiger partial charge is 0.127 e. The van der Waals surface area contributed by atoms with E-state index in [1.807, 2.05) is 0 Å². The predicted molar refractivity (Wildman–Crippen MR) is 60.2 cm³/mol. The Morgan fingerprint density at radius 1 is 1.20 bits per heavy atom. The van der Waals surface area contributed by atoms with Gasteiger partial charge in [-0.3, -0.25) is 0 Å². The number of hydrogen-bond acceptors (Lipinski definition) is 3. The summed E-state index contributed by atoms with van der Waals surface area (Å²) in [4.78, 5) is 0. The number of unbranched alkanes of at least 4 members (excludes halogenated alkanes) is 2. The first-order valence-electron chi connectivity index (χ1n) is 5.13. The van der Waals surface area contributed by atoms with Crippen LogP contribution in [-0.2, 0) is 0 Å². The highest BCUT2D eigenvalue weighted by Gasteiger charge is 1.97. The molecule has 0 aromatic heterocycles. The summed E-state index contributed by atoms with van der Waals surface area (Å²) in [6, 6.07) is 4.41. The van der Waals surface area contributed by atoms with Gasteiger partial charge in [-0.25, -0.2) is 4.39 Å². The molecule has 4 N–H and O–H groups in total. The van der Waals surface area contributed by atoms with Gasteiger partial charge in [-0.05, 0) is 37.5 Å². The van der Waals surface area contributed by atoms with Crippen molar-refractivity contribution in [3.63, 3.8) is 0 Å². The molecular formula is C11H17FN2O. The van der Waals surface area contributed by atoms with Gasteiger partial charge < -0.3 is 16.2 Å². The zero-order valence-corrected chi connectivity index (χ0v) is 8.67. The summed E-state index contributed by atoms with van der Waals surface area (Å²) in [7, 11) is 0. The summed E-state index contributed by atoms with van der Waals surface area (Å²) in [5.74, 6) is -0.326. The first-order valence-corrected chi connectivity index (χ1v) is 5.13. The lowest BCUT2D eigenvalue weighted by molar-refractivity contribution is 0.283. The van der Waals surface area contributed by atoms with E-state index in [4.69, 9.17) is 10.8 Å². The minimum atomic E-state index is -0.326. The van der Waals surface area contributed by atoms with Crippen LogP contribution >= 0.6 is 0 Å². The summed E-state index contributed by atoms with van der Waals surface area (Å²) in [6.45, 7) is 0.996. The van der Waals surface area contributed by atoms with Gasteiger partial charge in [0.05, 0.1) is 0 Å². The van der Waals surface area contributed by atoms with Crippen LogP contribution in [0.5, 0.6) is 0 Å². The van der Waals surface area contributed by atoms with E-state index in [2.05, 4.69) is 5.32 Å². The van der Waals surface area contributed by atoms with E-state index < -0.39 is 0 Å². The standard InChI is InChI=1S/C11H17FN2O/c12-9-6-10(13)8-11(7-9)14-4-2-1-3-5-15/h6-8,14-15H,1-5,13H2. The number of rotatable bonds is 6. The Kier molecular flexibility index (Phi) is 4.90. The van der Waals surface area contributed by atoms with E-state index in [0.29, 0.717) is 11.4 Å². The summed E-state index contributed by atoms with van der Waals surface area (Å²) >= 11 is 0. The van der Waals surface area contributed by atoms with E-state index in [1.165, 1.54) is 12.1 Å². The Hall–Kier alpha value is -1.29. The third kappa shape index (κ3) is 4.65. The maximum Gasteiger partial charge on any atom is 0.127 e. The van der Waals surface area contributed by atoms with E-state index in [-0.39, 0.29) is 12.4 Å². The van der Waals surface area contributed by atoms with Crippen LogP contribution in [0.4, 0.5) is 15.8 Å². The molecule has 0 atom stereocenters. The third-order valence-electron chi connectivity index (χ3n) is 2.08. The number of aliphatic hydroxyl groups excluding tert-OH is 1. The maximum absolute atomic E-state index is 12.9. The second kappa shape index (κ2) is 6.24. The molecule has 84 valence electrons. The zero-order chi connectivity index (χ0) is 11.1. The third-order valence-corrected chi connectivity index (χ3v) is 2.08. The fraction of sp³-hybridized carbons (Fsp3) is 0.455. The van der Waals surface area contributed by atoms with Crippen LogP contribution in [0.15, 0.2) is 18.2 Å². The quantitative estimate of drug-likeness (QED) is 0.499. The Morgan fingerprint density at radius 2 is 2.00 bits per heavy atom. The Balaban J connectivity index is 2.31. The number of hydrogen-bond donors (Lipinski definition) is 3. The van der Waals surface area contributed by atoms with Gasteiger partial charge in [0.2, 0.25) is 0 Å². The van der Waals surface area contributed by atoms with Crippen molar-refractivity contribution < 1.29 is 9.50 Å². The fourth-order valence-electron chi connectivity index (χ4n) is 1.36. The summed E-state index contributed by atoms with van der Waals surface area (Å²) in [5, 5.41) is 11.7. The lowest BCUT2D eigenvalue weighted by Gasteiger charge is -2.06. The van der Waals surface area contributed by atoms with Gasteiger partial charge in [0.25, 0.3) is 0 Å². The van der Waals surface area contributed by atoms with Crippen molar-refractivity contribution in [2.45, 2.75) is 19.3 Å². The number of nitrogens with one attached hydrogen (secondary N) is 1. The molecule has 0 fully saturated rings. The maximum atomic E-state index is 12.9. The van der Waals surface area contributed by atoms with Crippen molar-refractivity contribution in [1.82, 2.24) is 0 Å². The molecule has 1 aromatic carbocycles. The fourth-order valence-corrected chi connectivity index (χ4v) is 1.36. The van der Waals surface area contributed by atoms with Crippen molar-refractivity contribution in [3.8, 4) is 0 Å². The molecule has 0 amide bonds. The number of nitrogens with two attached hydrogens (primary N) is 1. The van der Waals surface area contributed by atoms with Gasteiger partial charge in [0.1, 0.15) is 5.82 Å². The Labute approximate surface area is 89.1 Å². The molecule has 0 heterocycles. The summed E-state index contributed by atoms with van der Waals surface area (Å²) in [5.41, 5.74) is 6.63. The lowest BCUT2D eigenvalue weighted by Crippen LogP contribution is -2.02. The highest BCUT2D eigenvalue weighted by molar-refractivity contribution is 5.54. The molecule has 3 nitrogen and oxygen atoms in total. The van der Waals surface area contributed by atoms with Crippen LogP contribution in [0, 0.1) is 5.82 Å². The molecule has 0 spiro atoms. The molecule has 4 heteroatoms. The molecule has 0 radical (unpaired) electrons. The van der Waals surface area contributed by atoms with Crippen LogP contribution in [0.25, 0.3) is 0 Å². The largest absolute Gasteiger partial charge is 0.399 e. The normalized spacial score (nSPS) is 10.3. The van der Waals surface area contributed by atoms with Crippen LogP contribution in [0.3, 0.4) is 0 Å². The minimum absolute atomic E-state index is 0.229. The van der Waals surface area contributed by atoms with E-state index in [9.17, 15) is 4.39 Å². The molecule has 1 rings (SSSR count). The molecule has 0 unspecified atom stereocenters. The van der Waals surface area contributed by atoms with Gasteiger partial charge in [0, 0.05) is 24.5 Å². The van der Waals surface area contributed by atoms with Gasteiger partial charge >= 0.3 is 0 Å². The average Bonchev–Trinajstić information content (AvgIpc) is 2.16. The molecule has 0 aliphatic heterocycles. The van der Waals surface area contributed by atoms with Gasteiger partial charge in [-0.15, -0.1) is 0 Å².